The summed E-state index contributed by atoms with van der Waals surface area (Å²) in [6.07, 6.45) is 1.09. The van der Waals surface area contributed by atoms with Crippen LogP contribution in [0.2, 0.25) is 0 Å². The molecule has 0 saturated carbocycles. The van der Waals surface area contributed by atoms with Crippen LogP contribution < -0.4 is 5.32 Å². The van der Waals surface area contributed by atoms with Crippen LogP contribution >= 0.6 is 11.3 Å². The van der Waals surface area contributed by atoms with Gasteiger partial charge in [0.2, 0.25) is 0 Å². The second kappa shape index (κ2) is 8.79. The van der Waals surface area contributed by atoms with Gasteiger partial charge in [0.15, 0.2) is 5.78 Å². The summed E-state index contributed by atoms with van der Waals surface area (Å²) < 4.78 is 19.2. The van der Waals surface area contributed by atoms with Crippen molar-refractivity contribution in [2.45, 2.75) is 45.4 Å². The number of halogens is 1. The number of benzene rings is 1. The number of dihydropyridines is 1. The molecule has 0 saturated heterocycles. The van der Waals surface area contributed by atoms with E-state index in [1.807, 2.05) is 32.2 Å². The smallest absolute Gasteiger partial charge is 0.336 e. The van der Waals surface area contributed by atoms with Gasteiger partial charge in [0.25, 0.3) is 0 Å². The lowest BCUT2D eigenvalue weighted by atomic mass is 9.72. The van der Waals surface area contributed by atoms with Gasteiger partial charge in [-0.1, -0.05) is 32.0 Å². The number of Topliss-reactive ketones (excluding diaryl/α,β-unsaturated/α-hetero) is 1. The van der Waals surface area contributed by atoms with Gasteiger partial charge in [-0.15, -0.1) is 11.3 Å². The Bertz CT molecular complexity index is 1050. The van der Waals surface area contributed by atoms with Gasteiger partial charge < -0.3 is 10.1 Å². The molecule has 1 aliphatic carbocycles. The topological polar surface area (TPSA) is 55.4 Å². The van der Waals surface area contributed by atoms with E-state index in [4.69, 9.17) is 4.74 Å². The van der Waals surface area contributed by atoms with Crippen molar-refractivity contribution in [2.24, 2.45) is 5.92 Å². The van der Waals surface area contributed by atoms with E-state index in [-0.39, 0.29) is 23.4 Å². The average molecular weight is 440 g/mol. The van der Waals surface area contributed by atoms with Gasteiger partial charge in [-0.05, 0) is 48.4 Å². The van der Waals surface area contributed by atoms with Crippen LogP contribution in [0.4, 0.5) is 4.39 Å². The van der Waals surface area contributed by atoms with Gasteiger partial charge in [-0.2, -0.15) is 0 Å². The third-order valence-corrected chi connectivity index (χ3v) is 6.78. The first-order valence-electron chi connectivity index (χ1n) is 10.5. The highest BCUT2D eigenvalue weighted by Gasteiger charge is 2.41. The molecule has 1 N–H and O–H groups in total. The van der Waals surface area contributed by atoms with Gasteiger partial charge in [0.05, 0.1) is 12.2 Å². The molecule has 0 radical (unpaired) electrons. The first-order chi connectivity index (χ1) is 14.8. The lowest BCUT2D eigenvalue weighted by Gasteiger charge is -2.36. The minimum Gasteiger partial charge on any atom is -0.462 e. The molecule has 0 bridgehead atoms. The van der Waals surface area contributed by atoms with E-state index >= 15 is 0 Å². The summed E-state index contributed by atoms with van der Waals surface area (Å²) in [5, 5.41) is 5.36. The number of ether oxygens (including phenoxy) is 1. The van der Waals surface area contributed by atoms with Crippen molar-refractivity contribution < 1.29 is 18.7 Å². The quantitative estimate of drug-likeness (QED) is 0.630. The van der Waals surface area contributed by atoms with Crippen molar-refractivity contribution in [1.82, 2.24) is 5.32 Å². The molecule has 0 unspecified atom stereocenters. The largest absolute Gasteiger partial charge is 0.462 e. The molecule has 4 nitrogen and oxygen atoms in total. The zero-order valence-electron chi connectivity index (χ0n) is 17.9. The molecule has 2 atom stereocenters. The second-order valence-corrected chi connectivity index (χ2v) is 9.56. The number of nitrogens with one attached hydrogen (secondary N) is 1. The molecule has 0 spiro atoms. The Labute approximate surface area is 185 Å². The third kappa shape index (κ3) is 4.35. The summed E-state index contributed by atoms with van der Waals surface area (Å²) in [6.45, 7) is 6.08. The van der Waals surface area contributed by atoms with Crippen LogP contribution in [-0.4, -0.2) is 18.4 Å². The van der Waals surface area contributed by atoms with Crippen LogP contribution in [0.3, 0.4) is 0 Å². The van der Waals surface area contributed by atoms with Crippen LogP contribution in [0.15, 0.2) is 64.3 Å². The third-order valence-electron chi connectivity index (χ3n) is 5.74. The highest BCUT2D eigenvalue weighted by Crippen LogP contribution is 2.46. The Kier molecular flexibility index (Phi) is 6.10. The van der Waals surface area contributed by atoms with E-state index in [1.165, 1.54) is 17.0 Å². The average Bonchev–Trinajstić information content (AvgIpc) is 3.26. The fraction of sp³-hybridized carbons (Fsp3) is 0.360. The minimum absolute atomic E-state index is 0.0168. The summed E-state index contributed by atoms with van der Waals surface area (Å²) >= 11 is 1.65. The fourth-order valence-electron chi connectivity index (χ4n) is 4.34. The zero-order valence-corrected chi connectivity index (χ0v) is 18.7. The summed E-state index contributed by atoms with van der Waals surface area (Å²) in [6, 6.07) is 10.1. The van der Waals surface area contributed by atoms with Crippen molar-refractivity contribution in [3.05, 3.63) is 80.6 Å². The van der Waals surface area contributed by atoms with Gasteiger partial charge in [-0.25, -0.2) is 9.18 Å². The van der Waals surface area contributed by atoms with Crippen molar-refractivity contribution in [3.8, 4) is 0 Å². The van der Waals surface area contributed by atoms with Crippen LogP contribution in [0.5, 0.6) is 0 Å². The monoisotopic (exact) mass is 439 g/mol. The summed E-state index contributed by atoms with van der Waals surface area (Å²) in [5.74, 6) is -1.02. The minimum atomic E-state index is -0.562. The fourth-order valence-corrected chi connectivity index (χ4v) is 5.17. The van der Waals surface area contributed by atoms with Gasteiger partial charge in [-0.3, -0.25) is 4.79 Å². The zero-order chi connectivity index (χ0) is 22.1. The number of thiophene rings is 1. The number of hydrogen-bond donors (Lipinski definition) is 1. The van der Waals surface area contributed by atoms with Crippen LogP contribution in [0, 0.1) is 11.7 Å². The molecule has 0 fully saturated rings. The molecule has 4 rings (SSSR count). The maximum atomic E-state index is 13.6. The molecule has 2 heterocycles. The number of carbonyl (C=O) groups is 2. The molecule has 162 valence electrons. The van der Waals surface area contributed by atoms with Crippen LogP contribution in [0.1, 0.15) is 55.9 Å². The van der Waals surface area contributed by atoms with E-state index in [2.05, 4.69) is 11.4 Å². The molecule has 1 aromatic carbocycles. The van der Waals surface area contributed by atoms with Gasteiger partial charge >= 0.3 is 5.97 Å². The predicted molar refractivity (Wildman–Crippen MR) is 119 cm³/mol. The normalized spacial score (nSPS) is 21.3. The highest BCUT2D eigenvalue weighted by atomic mass is 32.1. The first-order valence-corrected chi connectivity index (χ1v) is 11.4. The number of hydrogen-bond acceptors (Lipinski definition) is 5. The SMILES string of the molecule is CC1=C(C(=O)OCC(C)C)[C@H](c2ccc(F)cc2)C2=C(C[C@H](c3cccs3)CC2=O)N1. The number of carbonyl (C=O) groups excluding carboxylic acids is 2. The van der Waals surface area contributed by atoms with E-state index in [0.717, 1.165) is 5.70 Å². The number of rotatable bonds is 5. The molecule has 0 amide bonds. The number of ketones is 1. The van der Waals surface area contributed by atoms with Crippen molar-refractivity contribution in [3.63, 3.8) is 0 Å². The standard InChI is InChI=1S/C25H26FNO3S/c1-14(2)13-30-25(29)22-15(3)27-19-11-17(21-5-4-10-31-21)12-20(28)24(19)23(22)16-6-8-18(26)9-7-16/h4-10,14,17,23,27H,11-13H2,1-3H3/t17-,23-/m0/s1. The first kappa shape index (κ1) is 21.5. The molecule has 1 aromatic heterocycles. The highest BCUT2D eigenvalue weighted by molar-refractivity contribution is 7.10. The molecule has 6 heteroatoms. The van der Waals surface area contributed by atoms with E-state index in [9.17, 15) is 14.0 Å². The van der Waals surface area contributed by atoms with Gasteiger partial charge in [0, 0.05) is 40.1 Å². The van der Waals surface area contributed by atoms with E-state index < -0.39 is 11.9 Å². The second-order valence-electron chi connectivity index (χ2n) is 8.58. The summed E-state index contributed by atoms with van der Waals surface area (Å²) in [7, 11) is 0. The lowest BCUT2D eigenvalue weighted by molar-refractivity contribution is -0.140. The van der Waals surface area contributed by atoms with E-state index in [1.54, 1.807) is 23.5 Å². The Balaban J connectivity index is 1.76. The molecule has 1 aliphatic heterocycles. The molecule has 31 heavy (non-hydrogen) atoms. The lowest BCUT2D eigenvalue weighted by Crippen LogP contribution is -2.36. The van der Waals surface area contributed by atoms with E-state index in [0.29, 0.717) is 41.9 Å². The molecular weight excluding hydrogens is 413 g/mol. The van der Waals surface area contributed by atoms with Crippen molar-refractivity contribution >= 4 is 23.1 Å². The number of allylic oxidation sites excluding steroid dienone is 3. The Hall–Kier alpha value is -2.73. The molecular formula is C25H26FNO3S. The van der Waals surface area contributed by atoms with Crippen molar-refractivity contribution in [2.75, 3.05) is 6.61 Å². The van der Waals surface area contributed by atoms with Crippen LogP contribution in [-0.2, 0) is 14.3 Å². The Morgan fingerprint density at radius 3 is 2.61 bits per heavy atom. The molecule has 2 aliphatic rings. The maximum absolute atomic E-state index is 13.6. The maximum Gasteiger partial charge on any atom is 0.336 e. The Morgan fingerprint density at radius 2 is 1.97 bits per heavy atom. The summed E-state index contributed by atoms with van der Waals surface area (Å²) in [4.78, 5) is 27.6. The summed E-state index contributed by atoms with van der Waals surface area (Å²) in [5.41, 5.74) is 3.27. The predicted octanol–water partition coefficient (Wildman–Crippen LogP) is 5.45. The van der Waals surface area contributed by atoms with Crippen LogP contribution in [0.25, 0.3) is 0 Å². The van der Waals surface area contributed by atoms with Crippen molar-refractivity contribution in [1.29, 1.82) is 0 Å². The Morgan fingerprint density at radius 1 is 1.23 bits per heavy atom. The van der Waals surface area contributed by atoms with Gasteiger partial charge in [0.1, 0.15) is 5.82 Å². The molecule has 2 aromatic rings. The number of esters is 1.